The summed E-state index contributed by atoms with van der Waals surface area (Å²) in [4.78, 5) is 23.6. The third-order valence-corrected chi connectivity index (χ3v) is 3.69. The van der Waals surface area contributed by atoms with Gasteiger partial charge in [0, 0.05) is 17.5 Å². The van der Waals surface area contributed by atoms with Crippen LogP contribution in [-0.2, 0) is 19.4 Å². The average molecular weight is 314 g/mol. The number of carbonyl (C=O) groups is 2. The van der Waals surface area contributed by atoms with E-state index in [0.29, 0.717) is 5.69 Å². The Morgan fingerprint density at radius 3 is 2.57 bits per heavy atom. The second-order valence-corrected chi connectivity index (χ2v) is 6.85. The first-order chi connectivity index (χ1) is 9.73. The summed E-state index contributed by atoms with van der Waals surface area (Å²) in [7, 11) is -2.08. The van der Waals surface area contributed by atoms with Gasteiger partial charge in [0.1, 0.15) is 15.9 Å². The summed E-state index contributed by atoms with van der Waals surface area (Å²) in [5.74, 6) is -1.45. The maximum absolute atomic E-state index is 12.0. The molecule has 7 nitrogen and oxygen atoms in total. The second kappa shape index (κ2) is 7.07. The van der Waals surface area contributed by atoms with Crippen molar-refractivity contribution in [2.75, 3.05) is 24.9 Å². The van der Waals surface area contributed by atoms with Gasteiger partial charge in [-0.3, -0.25) is 4.79 Å². The molecule has 3 N–H and O–H groups in total. The number of methoxy groups -OCH3 is 1. The molecule has 1 rings (SSSR count). The monoisotopic (exact) mass is 314 g/mol. The lowest BCUT2D eigenvalue weighted by molar-refractivity contribution is -0.142. The van der Waals surface area contributed by atoms with E-state index in [9.17, 15) is 18.0 Å². The van der Waals surface area contributed by atoms with Crippen LogP contribution >= 0.6 is 0 Å². The minimum Gasteiger partial charge on any atom is -0.467 e. The summed E-state index contributed by atoms with van der Waals surface area (Å²) in [6.45, 7) is 0. The van der Waals surface area contributed by atoms with Crippen LogP contribution in [0.1, 0.15) is 16.8 Å². The molecule has 0 aliphatic carbocycles. The first-order valence-electron chi connectivity index (χ1n) is 6.15. The molecular weight excluding hydrogens is 296 g/mol. The highest BCUT2D eigenvalue weighted by Gasteiger charge is 2.23. The molecule has 0 fully saturated rings. The van der Waals surface area contributed by atoms with Crippen molar-refractivity contribution < 1.29 is 22.7 Å². The Kier molecular flexibility index (Phi) is 5.71. The molecule has 0 radical (unpaired) electrons. The zero-order valence-electron chi connectivity index (χ0n) is 11.8. The van der Waals surface area contributed by atoms with Crippen molar-refractivity contribution in [2.24, 2.45) is 0 Å². The number of esters is 1. The zero-order chi connectivity index (χ0) is 16.0. The van der Waals surface area contributed by atoms with Crippen LogP contribution in [0.4, 0.5) is 5.69 Å². The number of ether oxygens (including phenoxy) is 1. The Morgan fingerprint density at radius 1 is 1.38 bits per heavy atom. The van der Waals surface area contributed by atoms with E-state index >= 15 is 0 Å². The molecule has 1 atom stereocenters. The molecular formula is C13H18N2O5S. The molecule has 0 spiro atoms. The van der Waals surface area contributed by atoms with Gasteiger partial charge in [-0.1, -0.05) is 6.07 Å². The van der Waals surface area contributed by atoms with Crippen LogP contribution in [0.2, 0.25) is 0 Å². The van der Waals surface area contributed by atoms with E-state index in [1.807, 2.05) is 0 Å². The van der Waals surface area contributed by atoms with Crippen molar-refractivity contribution >= 4 is 27.4 Å². The van der Waals surface area contributed by atoms with Gasteiger partial charge in [0.2, 0.25) is 0 Å². The van der Waals surface area contributed by atoms with Gasteiger partial charge in [0.15, 0.2) is 0 Å². The first kappa shape index (κ1) is 17.0. The molecule has 0 heterocycles. The van der Waals surface area contributed by atoms with Crippen LogP contribution in [0.3, 0.4) is 0 Å². The van der Waals surface area contributed by atoms with Crippen molar-refractivity contribution in [3.8, 4) is 0 Å². The Balaban J connectivity index is 2.81. The van der Waals surface area contributed by atoms with Crippen molar-refractivity contribution in [3.05, 3.63) is 29.8 Å². The van der Waals surface area contributed by atoms with Gasteiger partial charge in [0.25, 0.3) is 5.91 Å². The molecule has 1 unspecified atom stereocenters. The minimum atomic E-state index is -3.25. The predicted molar refractivity (Wildman–Crippen MR) is 78.5 cm³/mol. The van der Waals surface area contributed by atoms with Gasteiger partial charge in [-0.15, -0.1) is 0 Å². The van der Waals surface area contributed by atoms with E-state index in [1.54, 1.807) is 12.1 Å². The number of sulfone groups is 1. The molecule has 116 valence electrons. The molecule has 8 heteroatoms. The second-order valence-electron chi connectivity index (χ2n) is 4.59. The van der Waals surface area contributed by atoms with E-state index in [2.05, 4.69) is 10.1 Å². The van der Waals surface area contributed by atoms with Crippen molar-refractivity contribution in [3.63, 3.8) is 0 Å². The molecule has 1 aromatic carbocycles. The normalized spacial score (nSPS) is 12.5. The third-order valence-electron chi connectivity index (χ3n) is 2.72. The largest absolute Gasteiger partial charge is 0.467 e. The van der Waals surface area contributed by atoms with E-state index in [4.69, 9.17) is 5.73 Å². The topological polar surface area (TPSA) is 116 Å². The van der Waals surface area contributed by atoms with Crippen LogP contribution in [0, 0.1) is 0 Å². The molecule has 0 bridgehead atoms. The maximum atomic E-state index is 12.0. The number of nitrogens with one attached hydrogen (secondary N) is 1. The summed E-state index contributed by atoms with van der Waals surface area (Å²) < 4.78 is 26.9. The maximum Gasteiger partial charge on any atom is 0.328 e. The number of carbonyl (C=O) groups excluding carboxylic acids is 2. The molecule has 0 saturated carbocycles. The summed E-state index contributed by atoms with van der Waals surface area (Å²) in [5, 5.41) is 2.45. The third kappa shape index (κ3) is 5.82. The number of hydrogen-bond acceptors (Lipinski definition) is 6. The first-order valence-corrected chi connectivity index (χ1v) is 8.21. The lowest BCUT2D eigenvalue weighted by atomic mass is 10.1. The van der Waals surface area contributed by atoms with Crippen molar-refractivity contribution in [2.45, 2.75) is 12.5 Å². The number of nitrogen functional groups attached to an aromatic ring is 1. The van der Waals surface area contributed by atoms with E-state index in [-0.39, 0.29) is 17.7 Å². The van der Waals surface area contributed by atoms with E-state index in [1.165, 1.54) is 19.2 Å². The summed E-state index contributed by atoms with van der Waals surface area (Å²) in [6.07, 6.45) is 1.00. The Morgan fingerprint density at radius 2 is 2.05 bits per heavy atom. The van der Waals surface area contributed by atoms with Gasteiger partial charge in [-0.05, 0) is 24.6 Å². The Labute approximate surface area is 123 Å². The molecule has 0 saturated heterocycles. The van der Waals surface area contributed by atoms with Crippen LogP contribution in [0.15, 0.2) is 24.3 Å². The average Bonchev–Trinajstić information content (AvgIpc) is 2.41. The SMILES string of the molecule is COC(=O)C(CCS(C)(=O)=O)NC(=O)c1cccc(N)c1. The van der Waals surface area contributed by atoms with Crippen LogP contribution in [0.25, 0.3) is 0 Å². The van der Waals surface area contributed by atoms with Crippen LogP contribution < -0.4 is 11.1 Å². The van der Waals surface area contributed by atoms with Gasteiger partial charge >= 0.3 is 5.97 Å². The smallest absolute Gasteiger partial charge is 0.328 e. The van der Waals surface area contributed by atoms with E-state index in [0.717, 1.165) is 6.26 Å². The number of nitrogens with two attached hydrogens (primary N) is 1. The minimum absolute atomic E-state index is 0.0560. The van der Waals surface area contributed by atoms with Crippen LogP contribution in [0.5, 0.6) is 0 Å². The molecule has 0 aliphatic heterocycles. The van der Waals surface area contributed by atoms with Crippen molar-refractivity contribution in [1.82, 2.24) is 5.32 Å². The predicted octanol–water partition coefficient (Wildman–Crippen LogP) is -0.0251. The number of amides is 1. The molecule has 0 aliphatic rings. The fourth-order valence-electron chi connectivity index (χ4n) is 1.64. The zero-order valence-corrected chi connectivity index (χ0v) is 12.6. The summed E-state index contributed by atoms with van der Waals surface area (Å²) in [5.41, 5.74) is 6.27. The van der Waals surface area contributed by atoms with Gasteiger partial charge < -0.3 is 15.8 Å². The fourth-order valence-corrected chi connectivity index (χ4v) is 2.31. The number of rotatable bonds is 6. The molecule has 0 aromatic heterocycles. The molecule has 1 amide bonds. The van der Waals surface area contributed by atoms with Crippen molar-refractivity contribution in [1.29, 1.82) is 0 Å². The van der Waals surface area contributed by atoms with E-state index < -0.39 is 27.8 Å². The molecule has 1 aromatic rings. The highest BCUT2D eigenvalue weighted by atomic mass is 32.2. The highest BCUT2D eigenvalue weighted by molar-refractivity contribution is 7.90. The molecule has 21 heavy (non-hydrogen) atoms. The number of benzene rings is 1. The number of anilines is 1. The number of hydrogen-bond donors (Lipinski definition) is 2. The highest BCUT2D eigenvalue weighted by Crippen LogP contribution is 2.08. The standard InChI is InChI=1S/C13H18N2O5S/c1-20-13(17)11(6-7-21(2,18)19)15-12(16)9-4-3-5-10(14)8-9/h3-5,8,11H,6-7,14H2,1-2H3,(H,15,16). The lowest BCUT2D eigenvalue weighted by Gasteiger charge is -2.16. The quantitative estimate of drug-likeness (QED) is 0.563. The van der Waals surface area contributed by atoms with Crippen LogP contribution in [-0.4, -0.2) is 45.5 Å². The summed E-state index contributed by atoms with van der Waals surface area (Å²) in [6, 6.07) is 5.20. The van der Waals surface area contributed by atoms with Gasteiger partial charge in [-0.2, -0.15) is 0 Å². The summed E-state index contributed by atoms with van der Waals surface area (Å²) >= 11 is 0. The van der Waals surface area contributed by atoms with Gasteiger partial charge in [-0.25, -0.2) is 13.2 Å². The lowest BCUT2D eigenvalue weighted by Crippen LogP contribution is -2.42. The Hall–Kier alpha value is -2.09. The van der Waals surface area contributed by atoms with Gasteiger partial charge in [0.05, 0.1) is 12.9 Å². The Bertz CT molecular complexity index is 627. The fraction of sp³-hybridized carbons (Fsp3) is 0.385.